The Bertz CT molecular complexity index is 617. The number of carbonyl (C=O) groups is 1. The highest BCUT2D eigenvalue weighted by molar-refractivity contribution is 5.90. The van der Waals surface area contributed by atoms with Crippen LogP contribution in [-0.4, -0.2) is 27.9 Å². The van der Waals surface area contributed by atoms with Crippen LogP contribution in [0.5, 0.6) is 0 Å². The molecule has 0 aliphatic rings. The van der Waals surface area contributed by atoms with Crippen LogP contribution in [0.1, 0.15) is 5.69 Å². The molecule has 17 heavy (non-hydrogen) atoms. The van der Waals surface area contributed by atoms with Crippen molar-refractivity contribution in [2.45, 2.75) is 6.92 Å². The molecule has 0 saturated carbocycles. The Morgan fingerprint density at radius 3 is 2.82 bits per heavy atom. The van der Waals surface area contributed by atoms with Crippen LogP contribution in [0.25, 0.3) is 10.9 Å². The molecule has 7 nitrogen and oxygen atoms in total. The number of ether oxygens (including phenoxy) is 1. The molecule has 0 N–H and O–H groups in total. The van der Waals surface area contributed by atoms with E-state index < -0.39 is 11.0 Å². The fourth-order valence-corrected chi connectivity index (χ4v) is 1.60. The molecule has 2 aromatic rings. The molecule has 7 heteroatoms. The summed E-state index contributed by atoms with van der Waals surface area (Å²) in [6.45, 7) is 1.72. The number of non-ortho nitro benzene ring substituents is 1. The minimum Gasteiger partial charge on any atom is -0.451 e. The first kappa shape index (κ1) is 11.1. The van der Waals surface area contributed by atoms with Gasteiger partial charge in [-0.05, 0) is 13.0 Å². The predicted octanol–water partition coefficient (Wildman–Crippen LogP) is 1.87. The topological polar surface area (TPSA) is 87.3 Å². The molecule has 1 heterocycles. The van der Waals surface area contributed by atoms with Crippen molar-refractivity contribution < 1.29 is 14.5 Å². The number of nitro benzene ring substituents is 1. The Kier molecular flexibility index (Phi) is 2.51. The molecular formula is C10H9N3O4. The molecule has 0 fully saturated rings. The number of hydrogen-bond acceptors (Lipinski definition) is 5. The van der Waals surface area contributed by atoms with Gasteiger partial charge in [0.05, 0.1) is 23.2 Å². The summed E-state index contributed by atoms with van der Waals surface area (Å²) >= 11 is 0. The summed E-state index contributed by atoms with van der Waals surface area (Å²) in [5.74, 6) is 0. The summed E-state index contributed by atoms with van der Waals surface area (Å²) in [6, 6.07) is 4.24. The first-order valence-electron chi connectivity index (χ1n) is 4.76. The zero-order valence-corrected chi connectivity index (χ0v) is 9.21. The lowest BCUT2D eigenvalue weighted by Gasteiger charge is -1.99. The van der Waals surface area contributed by atoms with Crippen molar-refractivity contribution in [3.05, 3.63) is 34.0 Å². The number of nitro groups is 1. The molecular weight excluding hydrogens is 226 g/mol. The summed E-state index contributed by atoms with van der Waals surface area (Å²) in [6.07, 6.45) is -0.677. The van der Waals surface area contributed by atoms with Gasteiger partial charge in [0.15, 0.2) is 0 Å². The first-order valence-corrected chi connectivity index (χ1v) is 4.76. The number of aromatic nitrogens is 2. The lowest BCUT2D eigenvalue weighted by molar-refractivity contribution is -0.384. The van der Waals surface area contributed by atoms with E-state index in [4.69, 9.17) is 0 Å². The van der Waals surface area contributed by atoms with Crippen LogP contribution < -0.4 is 0 Å². The minimum atomic E-state index is -0.677. The second kappa shape index (κ2) is 3.85. The molecule has 0 atom stereocenters. The van der Waals surface area contributed by atoms with Crippen molar-refractivity contribution in [3.8, 4) is 0 Å². The van der Waals surface area contributed by atoms with Crippen molar-refractivity contribution in [1.29, 1.82) is 0 Å². The average molecular weight is 235 g/mol. The van der Waals surface area contributed by atoms with Crippen LogP contribution >= 0.6 is 0 Å². The molecule has 2 rings (SSSR count). The van der Waals surface area contributed by atoms with Crippen molar-refractivity contribution >= 4 is 22.7 Å². The van der Waals surface area contributed by atoms with E-state index in [1.165, 1.54) is 19.2 Å². The van der Waals surface area contributed by atoms with E-state index in [2.05, 4.69) is 9.84 Å². The highest BCUT2D eigenvalue weighted by atomic mass is 16.6. The smallest absolute Gasteiger partial charge is 0.434 e. The lowest BCUT2D eigenvalue weighted by Crippen LogP contribution is -2.12. The summed E-state index contributed by atoms with van der Waals surface area (Å²) < 4.78 is 5.56. The second-order valence-corrected chi connectivity index (χ2v) is 3.43. The lowest BCUT2D eigenvalue weighted by atomic mass is 10.2. The molecule has 88 valence electrons. The van der Waals surface area contributed by atoms with Gasteiger partial charge in [0, 0.05) is 17.5 Å². The van der Waals surface area contributed by atoms with Crippen LogP contribution in [0, 0.1) is 17.0 Å². The number of fused-ring (bicyclic) bond motifs is 1. The van der Waals surface area contributed by atoms with E-state index in [0.29, 0.717) is 16.6 Å². The second-order valence-electron chi connectivity index (χ2n) is 3.43. The van der Waals surface area contributed by atoms with Gasteiger partial charge in [0.2, 0.25) is 0 Å². The predicted molar refractivity (Wildman–Crippen MR) is 58.9 cm³/mol. The van der Waals surface area contributed by atoms with Crippen LogP contribution in [0.15, 0.2) is 18.2 Å². The molecule has 0 aliphatic heterocycles. The maximum atomic E-state index is 11.4. The van der Waals surface area contributed by atoms with E-state index in [0.717, 1.165) is 4.68 Å². The first-order chi connectivity index (χ1) is 8.04. The zero-order chi connectivity index (χ0) is 12.6. The monoisotopic (exact) mass is 235 g/mol. The highest BCUT2D eigenvalue weighted by Gasteiger charge is 2.16. The van der Waals surface area contributed by atoms with Crippen molar-refractivity contribution in [3.63, 3.8) is 0 Å². The van der Waals surface area contributed by atoms with Crippen LogP contribution in [0.3, 0.4) is 0 Å². The Hall–Kier alpha value is -2.44. The third-order valence-electron chi connectivity index (χ3n) is 2.41. The number of benzene rings is 1. The number of rotatable bonds is 1. The molecule has 0 amide bonds. The van der Waals surface area contributed by atoms with Crippen molar-refractivity contribution in [1.82, 2.24) is 9.78 Å². The zero-order valence-electron chi connectivity index (χ0n) is 9.21. The Morgan fingerprint density at radius 2 is 2.24 bits per heavy atom. The molecule has 0 saturated heterocycles. The van der Waals surface area contributed by atoms with Crippen LogP contribution in [0.4, 0.5) is 10.5 Å². The normalized spacial score (nSPS) is 10.5. The Labute approximate surface area is 95.7 Å². The van der Waals surface area contributed by atoms with Gasteiger partial charge in [-0.1, -0.05) is 0 Å². The van der Waals surface area contributed by atoms with Gasteiger partial charge >= 0.3 is 6.09 Å². The molecule has 1 aromatic carbocycles. The number of methoxy groups -OCH3 is 1. The number of nitrogens with zero attached hydrogens (tertiary/aromatic N) is 3. The van der Waals surface area contributed by atoms with Crippen molar-refractivity contribution in [2.24, 2.45) is 0 Å². The fraction of sp³-hybridized carbons (Fsp3) is 0.200. The summed E-state index contributed by atoms with van der Waals surface area (Å²) in [4.78, 5) is 21.6. The SMILES string of the molecule is COC(=O)n1nc(C)c2ccc([N+](=O)[O-])cc21. The molecule has 0 aliphatic carbocycles. The number of aryl methyl sites for hydroxylation is 1. The fourth-order valence-electron chi connectivity index (χ4n) is 1.60. The van der Waals surface area contributed by atoms with Crippen molar-refractivity contribution in [2.75, 3.05) is 7.11 Å². The largest absolute Gasteiger partial charge is 0.451 e. The van der Waals surface area contributed by atoms with E-state index in [1.54, 1.807) is 13.0 Å². The van der Waals surface area contributed by atoms with Crippen LogP contribution in [0.2, 0.25) is 0 Å². The number of hydrogen-bond donors (Lipinski definition) is 0. The maximum Gasteiger partial charge on any atom is 0.434 e. The van der Waals surface area contributed by atoms with Crippen LogP contribution in [-0.2, 0) is 4.74 Å². The summed E-state index contributed by atoms with van der Waals surface area (Å²) in [5, 5.41) is 15.3. The quantitative estimate of drug-likeness (QED) is 0.556. The van der Waals surface area contributed by atoms with Gasteiger partial charge in [0.1, 0.15) is 0 Å². The van der Waals surface area contributed by atoms with E-state index in [-0.39, 0.29) is 5.69 Å². The molecule has 0 spiro atoms. The van der Waals surface area contributed by atoms with Gasteiger partial charge in [0.25, 0.3) is 5.69 Å². The van der Waals surface area contributed by atoms with Gasteiger partial charge in [-0.25, -0.2) is 4.79 Å². The molecule has 1 aromatic heterocycles. The average Bonchev–Trinajstić information content (AvgIpc) is 2.65. The standard InChI is InChI=1S/C10H9N3O4/c1-6-8-4-3-7(13(15)16)5-9(8)12(11-6)10(14)17-2/h3-5H,1-2H3. The summed E-state index contributed by atoms with van der Waals surface area (Å²) in [5.41, 5.74) is 0.881. The van der Waals surface area contributed by atoms with Gasteiger partial charge < -0.3 is 4.74 Å². The minimum absolute atomic E-state index is 0.0949. The Balaban J connectivity index is 2.73. The highest BCUT2D eigenvalue weighted by Crippen LogP contribution is 2.23. The molecule has 0 bridgehead atoms. The van der Waals surface area contributed by atoms with E-state index in [1.807, 2.05) is 0 Å². The third kappa shape index (κ3) is 1.71. The van der Waals surface area contributed by atoms with E-state index >= 15 is 0 Å². The van der Waals surface area contributed by atoms with Gasteiger partial charge in [-0.15, -0.1) is 0 Å². The van der Waals surface area contributed by atoms with E-state index in [9.17, 15) is 14.9 Å². The molecule has 0 unspecified atom stereocenters. The maximum absolute atomic E-state index is 11.4. The van der Waals surface area contributed by atoms with Gasteiger partial charge in [-0.3, -0.25) is 10.1 Å². The molecule has 0 radical (unpaired) electrons. The third-order valence-corrected chi connectivity index (χ3v) is 2.41. The summed E-state index contributed by atoms with van der Waals surface area (Å²) in [7, 11) is 1.22. The van der Waals surface area contributed by atoms with Gasteiger partial charge in [-0.2, -0.15) is 9.78 Å². The Morgan fingerprint density at radius 1 is 1.53 bits per heavy atom. The number of carbonyl (C=O) groups excluding carboxylic acids is 1.